The average Bonchev–Trinajstić information content (AvgIpc) is 3.57. The third-order valence-electron chi connectivity index (χ3n) is 7.15. The van der Waals surface area contributed by atoms with Crippen molar-refractivity contribution < 1.29 is 9.90 Å². The van der Waals surface area contributed by atoms with Crippen LogP contribution in [-0.2, 0) is 11.2 Å². The number of nitrogens with zero attached hydrogens (tertiary/aromatic N) is 3. The quantitative estimate of drug-likeness (QED) is 0.280. The van der Waals surface area contributed by atoms with E-state index < -0.39 is 0 Å². The van der Waals surface area contributed by atoms with Crippen LogP contribution in [0.2, 0.25) is 0 Å². The highest BCUT2D eigenvalue weighted by Gasteiger charge is 2.42. The molecular weight excluding hydrogens is 456 g/mol. The fourth-order valence-corrected chi connectivity index (χ4v) is 4.84. The van der Waals surface area contributed by atoms with E-state index >= 15 is 0 Å². The highest BCUT2D eigenvalue weighted by Crippen LogP contribution is 2.52. The Bertz CT molecular complexity index is 1260. The molecule has 0 spiro atoms. The van der Waals surface area contributed by atoms with Crippen molar-refractivity contribution in [2.75, 3.05) is 19.6 Å². The molecule has 5 nitrogen and oxygen atoms in total. The van der Waals surface area contributed by atoms with Crippen LogP contribution in [-0.4, -0.2) is 61.2 Å². The molecule has 190 valence electrons. The van der Waals surface area contributed by atoms with Gasteiger partial charge in [0, 0.05) is 17.5 Å². The van der Waals surface area contributed by atoms with E-state index in [-0.39, 0.29) is 7.43 Å². The molecule has 0 saturated heterocycles. The molecular formula is C30H37B2N3O2. The Morgan fingerprint density at radius 2 is 1.97 bits per heavy atom. The molecule has 7 heteroatoms. The number of hydrogen-bond acceptors (Lipinski definition) is 4. The number of likely N-dealkylation sites (N-methyl/N-ethyl adjacent to an activating group) is 1. The van der Waals surface area contributed by atoms with E-state index in [1.165, 1.54) is 0 Å². The van der Waals surface area contributed by atoms with Crippen molar-refractivity contribution in [2.24, 2.45) is 11.8 Å². The minimum atomic E-state index is 0. The lowest BCUT2D eigenvalue weighted by molar-refractivity contribution is -0.108. The smallest absolute Gasteiger partial charge is 0.133 e. The number of carbonyl (C=O) groups is 1. The van der Waals surface area contributed by atoms with E-state index in [4.69, 9.17) is 15.7 Å². The van der Waals surface area contributed by atoms with Crippen molar-refractivity contribution in [1.82, 2.24) is 14.5 Å². The first-order valence-corrected chi connectivity index (χ1v) is 12.8. The van der Waals surface area contributed by atoms with Crippen molar-refractivity contribution in [2.45, 2.75) is 47.0 Å². The highest BCUT2D eigenvalue weighted by atomic mass is 16.3. The van der Waals surface area contributed by atoms with Gasteiger partial charge in [-0.05, 0) is 81.3 Å². The molecule has 2 atom stereocenters. The van der Waals surface area contributed by atoms with Crippen LogP contribution in [0, 0.1) is 18.8 Å². The number of unbranched alkanes of at least 4 members (excludes halogenated alkanes) is 1. The number of aryl methyl sites for hydroxylation is 2. The number of aliphatic hydroxyl groups excluding tert-OH is 1. The molecule has 2 aliphatic rings. The molecule has 0 bridgehead atoms. The number of allylic oxidation sites excluding steroid dienone is 3. The first-order chi connectivity index (χ1) is 17.4. The Morgan fingerprint density at radius 1 is 1.19 bits per heavy atom. The molecule has 5 rings (SSSR count). The van der Waals surface area contributed by atoms with Crippen LogP contribution in [0.25, 0.3) is 11.1 Å². The summed E-state index contributed by atoms with van der Waals surface area (Å²) in [6, 6.07) is 12.0. The van der Waals surface area contributed by atoms with Gasteiger partial charge < -0.3 is 9.90 Å². The number of aliphatic hydroxyl groups is 1. The molecule has 37 heavy (non-hydrogen) atoms. The Kier molecular flexibility index (Phi) is 9.99. The van der Waals surface area contributed by atoms with Gasteiger partial charge in [0.25, 0.3) is 0 Å². The summed E-state index contributed by atoms with van der Waals surface area (Å²) in [5.74, 6) is 1.36. The van der Waals surface area contributed by atoms with Gasteiger partial charge in [0.2, 0.25) is 0 Å². The summed E-state index contributed by atoms with van der Waals surface area (Å²) in [6.45, 7) is 6.37. The summed E-state index contributed by atoms with van der Waals surface area (Å²) < 4.78 is 1.92. The minimum Gasteiger partial charge on any atom is -0.508 e. The Hall–Kier alpha value is -3.05. The number of fused-ring (bicyclic) bond motifs is 2. The molecule has 0 amide bonds. The number of hydrogen-bond donors (Lipinski definition) is 1. The van der Waals surface area contributed by atoms with Gasteiger partial charge in [-0.15, -0.1) is 0 Å². The minimum absolute atomic E-state index is 0. The molecule has 1 saturated carbocycles. The van der Waals surface area contributed by atoms with Gasteiger partial charge in [0.05, 0.1) is 12.1 Å². The third-order valence-corrected chi connectivity index (χ3v) is 7.15. The van der Waals surface area contributed by atoms with Crippen LogP contribution in [0.3, 0.4) is 0 Å². The lowest BCUT2D eigenvalue weighted by Gasteiger charge is -2.17. The predicted octanol–water partition coefficient (Wildman–Crippen LogP) is 3.87. The maximum atomic E-state index is 10.7. The van der Waals surface area contributed by atoms with Crippen molar-refractivity contribution in [1.29, 1.82) is 0 Å². The lowest BCUT2D eigenvalue weighted by Crippen LogP contribution is -2.26. The normalized spacial score (nSPS) is 17.7. The van der Waals surface area contributed by atoms with Gasteiger partial charge in [0.1, 0.15) is 27.7 Å². The Morgan fingerprint density at radius 3 is 2.65 bits per heavy atom. The lowest BCUT2D eigenvalue weighted by atomic mass is 9.92. The Balaban J connectivity index is 0.000000363. The second kappa shape index (κ2) is 13.0. The van der Waals surface area contributed by atoms with E-state index in [0.717, 1.165) is 78.4 Å². The number of rotatable bonds is 9. The van der Waals surface area contributed by atoms with Crippen LogP contribution in [0.15, 0.2) is 60.5 Å². The van der Waals surface area contributed by atoms with Crippen LogP contribution in [0.5, 0.6) is 0 Å². The summed E-state index contributed by atoms with van der Waals surface area (Å²) in [4.78, 5) is 12.9. The largest absolute Gasteiger partial charge is 0.508 e. The second-order valence-corrected chi connectivity index (χ2v) is 9.67. The summed E-state index contributed by atoms with van der Waals surface area (Å²) in [6.07, 6.45) is 10.6. The number of aromatic nitrogens is 2. The summed E-state index contributed by atoms with van der Waals surface area (Å²) in [5, 5.41) is 14.9. The van der Waals surface area contributed by atoms with Crippen LogP contribution in [0.4, 0.5) is 0 Å². The fourth-order valence-electron chi connectivity index (χ4n) is 4.84. The zero-order valence-electron chi connectivity index (χ0n) is 21.2. The predicted molar refractivity (Wildman–Crippen MR) is 155 cm³/mol. The van der Waals surface area contributed by atoms with E-state index in [1.54, 1.807) is 6.20 Å². The summed E-state index contributed by atoms with van der Waals surface area (Å²) >= 11 is 0. The molecule has 3 aromatic rings. The Labute approximate surface area is 224 Å². The molecule has 2 heterocycles. The average molecular weight is 493 g/mol. The molecule has 2 aromatic heterocycles. The maximum absolute atomic E-state index is 10.7. The van der Waals surface area contributed by atoms with E-state index in [2.05, 4.69) is 35.1 Å². The summed E-state index contributed by atoms with van der Waals surface area (Å²) in [7, 11) is 11.7. The number of pyridine rings is 1. The van der Waals surface area contributed by atoms with Crippen LogP contribution < -0.4 is 10.9 Å². The van der Waals surface area contributed by atoms with Gasteiger partial charge in [-0.25, -0.2) is 4.52 Å². The van der Waals surface area contributed by atoms with E-state index in [9.17, 15) is 9.90 Å². The topological polar surface area (TPSA) is 57.8 Å². The van der Waals surface area contributed by atoms with Gasteiger partial charge in [-0.2, -0.15) is 5.10 Å². The fraction of sp³-hybridized carbons (Fsp3) is 0.400. The van der Waals surface area contributed by atoms with Crippen LogP contribution in [0.1, 0.15) is 50.4 Å². The maximum Gasteiger partial charge on any atom is 0.133 e. The first kappa shape index (κ1) is 28.5. The van der Waals surface area contributed by atoms with Crippen molar-refractivity contribution in [3.8, 4) is 0 Å². The first-order valence-electron chi connectivity index (χ1n) is 12.8. The second-order valence-electron chi connectivity index (χ2n) is 9.67. The molecule has 1 fully saturated rings. The summed E-state index contributed by atoms with van der Waals surface area (Å²) in [5.41, 5.74) is 6.77. The molecule has 1 aromatic carbocycles. The van der Waals surface area contributed by atoms with Gasteiger partial charge in [0.15, 0.2) is 0 Å². The van der Waals surface area contributed by atoms with Crippen molar-refractivity contribution in [3.05, 3.63) is 77.3 Å². The molecule has 2 aliphatic carbocycles. The molecule has 4 radical (unpaired) electrons. The SMILES string of the molecule is C.[B]c1ccccc1C.[B]c1cnn2c(CCCCN(CC)CC=O)cc(C3=C(O)C=CC4CC34)cc12. The van der Waals surface area contributed by atoms with Crippen molar-refractivity contribution >= 4 is 44.0 Å². The molecule has 0 aliphatic heterocycles. The zero-order valence-corrected chi connectivity index (χ0v) is 21.2. The number of benzene rings is 1. The third kappa shape index (κ3) is 6.84. The molecule has 1 N–H and O–H groups in total. The van der Waals surface area contributed by atoms with Gasteiger partial charge in [-0.1, -0.05) is 61.2 Å². The zero-order chi connectivity index (χ0) is 25.7. The highest BCUT2D eigenvalue weighted by molar-refractivity contribution is 6.36. The van der Waals surface area contributed by atoms with E-state index in [0.29, 0.717) is 29.6 Å². The monoisotopic (exact) mass is 493 g/mol. The number of aldehydes is 1. The number of carbonyl (C=O) groups excluding carboxylic acids is 1. The van der Waals surface area contributed by atoms with Gasteiger partial charge in [-0.3, -0.25) is 4.90 Å². The van der Waals surface area contributed by atoms with Gasteiger partial charge >= 0.3 is 0 Å². The van der Waals surface area contributed by atoms with Crippen LogP contribution >= 0.6 is 0 Å². The standard InChI is InChI=1S/C22H26BN3O2.C7H7B.CH4/c1-2-25(9-10-27)8-4-3-5-17-11-16(13-20-19(23)14-24-26(17)20)22-18-12-15(18)6-7-21(22)28;1-6-4-2-3-5-7(6)8;/h6-7,10-11,13-15,18,28H,2-5,8-9,12H2,1H3;2-5H,1H3;1H4. The molecule has 2 unspecified atom stereocenters. The van der Waals surface area contributed by atoms with Crippen molar-refractivity contribution in [3.63, 3.8) is 0 Å². The van der Waals surface area contributed by atoms with E-state index in [1.807, 2.05) is 41.8 Å².